The maximum Gasteiger partial charge on any atom is 0.278 e. The lowest BCUT2D eigenvalue weighted by Crippen LogP contribution is -2.62. The Kier molecular flexibility index (Phi) is 4.72. The van der Waals surface area contributed by atoms with Gasteiger partial charge in [-0.1, -0.05) is 30.3 Å². The summed E-state index contributed by atoms with van der Waals surface area (Å²) in [7, 11) is 1.77. The largest absolute Gasteiger partial charge is 0.379 e. The number of hydrogen-bond acceptors (Lipinski definition) is 5. The molecule has 30 heavy (non-hydrogen) atoms. The lowest BCUT2D eigenvalue weighted by Gasteiger charge is -2.45. The highest BCUT2D eigenvalue weighted by atomic mass is 16.5. The summed E-state index contributed by atoms with van der Waals surface area (Å²) >= 11 is 0. The third-order valence-corrected chi connectivity index (χ3v) is 6.35. The minimum atomic E-state index is -1.21. The Morgan fingerprint density at radius 2 is 1.73 bits per heavy atom. The minimum Gasteiger partial charge on any atom is -0.379 e. The van der Waals surface area contributed by atoms with Crippen LogP contribution in [0.1, 0.15) is 22.3 Å². The molecule has 3 heterocycles. The summed E-state index contributed by atoms with van der Waals surface area (Å²) in [5.74, 6) is -0.234. The van der Waals surface area contributed by atoms with Gasteiger partial charge in [-0.3, -0.25) is 14.5 Å². The van der Waals surface area contributed by atoms with Crippen molar-refractivity contribution in [1.29, 1.82) is 0 Å². The average molecular weight is 406 g/mol. The molecule has 2 amide bonds. The summed E-state index contributed by atoms with van der Waals surface area (Å²) in [4.78, 5) is 33.0. The molecule has 1 N–H and O–H groups in total. The highest BCUT2D eigenvalue weighted by Gasteiger charge is 2.58. The molecule has 1 fully saturated rings. The number of anilines is 2. The van der Waals surface area contributed by atoms with Crippen LogP contribution in [0.15, 0.2) is 48.5 Å². The van der Waals surface area contributed by atoms with Crippen molar-refractivity contribution in [2.24, 2.45) is 0 Å². The van der Waals surface area contributed by atoms with Gasteiger partial charge in [-0.25, -0.2) is 0 Å². The van der Waals surface area contributed by atoms with Crippen LogP contribution < -0.4 is 10.2 Å². The molecule has 0 bridgehead atoms. The second-order valence-corrected chi connectivity index (χ2v) is 8.03. The van der Waals surface area contributed by atoms with Crippen LogP contribution in [0.3, 0.4) is 0 Å². The lowest BCUT2D eigenvalue weighted by molar-refractivity contribution is -0.127. The van der Waals surface area contributed by atoms with Crippen LogP contribution in [0, 0.1) is 0 Å². The number of carbonyl (C=O) groups excluding carboxylic acids is 2. The van der Waals surface area contributed by atoms with Gasteiger partial charge in [-0.15, -0.1) is 0 Å². The fourth-order valence-electron chi connectivity index (χ4n) is 4.81. The van der Waals surface area contributed by atoms with Crippen molar-refractivity contribution >= 4 is 23.2 Å². The van der Waals surface area contributed by atoms with E-state index in [1.54, 1.807) is 16.8 Å². The Bertz CT molecular complexity index is 988. The summed E-state index contributed by atoms with van der Waals surface area (Å²) in [5, 5.41) is 3.46. The van der Waals surface area contributed by atoms with Crippen molar-refractivity contribution in [3.63, 3.8) is 0 Å². The molecule has 7 nitrogen and oxygen atoms in total. The number of nitrogens with one attached hydrogen (secondary N) is 1. The summed E-state index contributed by atoms with van der Waals surface area (Å²) in [6.45, 7) is 4.67. The van der Waals surface area contributed by atoms with Gasteiger partial charge in [-0.05, 0) is 24.6 Å². The van der Waals surface area contributed by atoms with E-state index in [-0.39, 0.29) is 11.8 Å². The topological polar surface area (TPSA) is 65.1 Å². The Morgan fingerprint density at radius 1 is 1.00 bits per heavy atom. The van der Waals surface area contributed by atoms with Crippen molar-refractivity contribution < 1.29 is 14.3 Å². The number of nitrogens with zero attached hydrogens (tertiary/aromatic N) is 3. The van der Waals surface area contributed by atoms with Crippen LogP contribution in [0.25, 0.3) is 0 Å². The first-order valence-corrected chi connectivity index (χ1v) is 10.5. The monoisotopic (exact) mass is 406 g/mol. The number of morpholine rings is 1. The number of amides is 2. The molecule has 0 aromatic heterocycles. The normalized spacial score (nSPS) is 23.5. The fraction of sp³-hybridized carbons (Fsp3) is 0.391. The van der Waals surface area contributed by atoms with E-state index in [0.717, 1.165) is 50.5 Å². The molecule has 2 aromatic rings. The van der Waals surface area contributed by atoms with E-state index >= 15 is 0 Å². The van der Waals surface area contributed by atoms with Gasteiger partial charge in [-0.2, -0.15) is 0 Å². The second kappa shape index (κ2) is 7.41. The zero-order chi connectivity index (χ0) is 20.7. The molecule has 0 aliphatic carbocycles. The van der Waals surface area contributed by atoms with E-state index in [4.69, 9.17) is 4.74 Å². The summed E-state index contributed by atoms with van der Waals surface area (Å²) < 4.78 is 5.43. The maximum absolute atomic E-state index is 13.6. The van der Waals surface area contributed by atoms with Crippen LogP contribution in [0.2, 0.25) is 0 Å². The molecule has 1 spiro atoms. The van der Waals surface area contributed by atoms with E-state index in [2.05, 4.69) is 10.2 Å². The van der Waals surface area contributed by atoms with Gasteiger partial charge in [0.2, 0.25) is 5.66 Å². The zero-order valence-electron chi connectivity index (χ0n) is 17.1. The van der Waals surface area contributed by atoms with E-state index in [1.165, 1.54) is 0 Å². The first kappa shape index (κ1) is 19.1. The number of likely N-dealkylation sites (N-methyl/N-ethyl adjacent to an activating group) is 1. The number of ether oxygens (including phenoxy) is 1. The number of hydrogen-bond donors (Lipinski definition) is 1. The van der Waals surface area contributed by atoms with Gasteiger partial charge in [0.25, 0.3) is 11.8 Å². The first-order chi connectivity index (χ1) is 14.6. The van der Waals surface area contributed by atoms with Gasteiger partial charge in [0.1, 0.15) is 0 Å². The highest BCUT2D eigenvalue weighted by Crippen LogP contribution is 2.47. The molecule has 0 saturated carbocycles. The fourth-order valence-corrected chi connectivity index (χ4v) is 4.81. The van der Waals surface area contributed by atoms with Crippen molar-refractivity contribution in [3.05, 3.63) is 59.7 Å². The van der Waals surface area contributed by atoms with E-state index in [9.17, 15) is 9.59 Å². The predicted molar refractivity (Wildman–Crippen MR) is 115 cm³/mol. The van der Waals surface area contributed by atoms with Crippen molar-refractivity contribution in [2.45, 2.75) is 12.1 Å². The van der Waals surface area contributed by atoms with Gasteiger partial charge in [0, 0.05) is 44.5 Å². The molecule has 1 atom stereocenters. The lowest BCUT2D eigenvalue weighted by atomic mass is 9.92. The number of rotatable bonds is 4. The summed E-state index contributed by atoms with van der Waals surface area (Å²) in [5.41, 5.74) is 1.76. The minimum absolute atomic E-state index is 0.107. The Hall–Kier alpha value is -2.90. The third-order valence-electron chi connectivity index (χ3n) is 6.35. The molecular formula is C23H26N4O3. The Morgan fingerprint density at radius 3 is 2.57 bits per heavy atom. The van der Waals surface area contributed by atoms with Crippen molar-refractivity contribution in [1.82, 2.24) is 9.80 Å². The first-order valence-electron chi connectivity index (χ1n) is 10.5. The van der Waals surface area contributed by atoms with Gasteiger partial charge in [0.05, 0.1) is 24.5 Å². The second-order valence-electron chi connectivity index (χ2n) is 8.03. The standard InChI is InChI=1S/C23H26N4O3/c1-25-20-10-5-3-8-18(20)23(22(25)29)24-19-9-4-2-7-17(19)21(28)27(23)12-6-11-26-13-15-30-16-14-26/h2-5,7-10,24H,6,11-16H2,1H3/t23-/m1/s1. The van der Waals surface area contributed by atoms with Crippen LogP contribution >= 0.6 is 0 Å². The van der Waals surface area contributed by atoms with Gasteiger partial charge >= 0.3 is 0 Å². The highest BCUT2D eigenvalue weighted by molar-refractivity contribution is 6.15. The smallest absolute Gasteiger partial charge is 0.278 e. The number of para-hydroxylation sites is 2. The molecule has 5 rings (SSSR count). The molecular weight excluding hydrogens is 380 g/mol. The average Bonchev–Trinajstić information content (AvgIpc) is 2.99. The molecule has 2 aromatic carbocycles. The van der Waals surface area contributed by atoms with Crippen molar-refractivity contribution in [2.75, 3.05) is 56.7 Å². The summed E-state index contributed by atoms with van der Waals surface area (Å²) in [6.07, 6.45) is 0.788. The van der Waals surface area contributed by atoms with Gasteiger partial charge in [0.15, 0.2) is 0 Å². The predicted octanol–water partition coefficient (Wildman–Crippen LogP) is 2.11. The Balaban J connectivity index is 1.52. The van der Waals surface area contributed by atoms with Crippen LogP contribution in [0.4, 0.5) is 11.4 Å². The number of carbonyl (C=O) groups is 2. The summed E-state index contributed by atoms with van der Waals surface area (Å²) in [6, 6.07) is 15.2. The SMILES string of the molecule is CN1C(=O)[C@@]2(Nc3ccccc3C(=O)N2CCCN2CCOCC2)c2ccccc21. The molecule has 3 aliphatic heterocycles. The van der Waals surface area contributed by atoms with E-state index in [0.29, 0.717) is 17.8 Å². The number of benzene rings is 2. The van der Waals surface area contributed by atoms with E-state index < -0.39 is 5.66 Å². The van der Waals surface area contributed by atoms with Crippen molar-refractivity contribution in [3.8, 4) is 0 Å². The van der Waals surface area contributed by atoms with Crippen LogP contribution in [-0.2, 0) is 15.2 Å². The van der Waals surface area contributed by atoms with E-state index in [1.807, 2.05) is 48.5 Å². The van der Waals surface area contributed by atoms with Crippen LogP contribution in [0.5, 0.6) is 0 Å². The molecule has 7 heteroatoms. The van der Waals surface area contributed by atoms with Crippen LogP contribution in [-0.4, -0.2) is 68.1 Å². The molecule has 0 unspecified atom stereocenters. The number of fused-ring (bicyclic) bond motifs is 3. The quantitative estimate of drug-likeness (QED) is 0.843. The Labute approximate surface area is 176 Å². The molecule has 1 saturated heterocycles. The third kappa shape index (κ3) is 2.80. The van der Waals surface area contributed by atoms with Gasteiger partial charge < -0.3 is 19.9 Å². The molecule has 156 valence electrons. The molecule has 0 radical (unpaired) electrons. The maximum atomic E-state index is 13.6. The molecule has 3 aliphatic rings. The zero-order valence-corrected chi connectivity index (χ0v) is 17.1.